The molecule has 0 radical (unpaired) electrons. The number of thioether (sulfide) groups is 1. The third-order valence-corrected chi connectivity index (χ3v) is 7.16. The molecule has 1 amide bonds. The van der Waals surface area contributed by atoms with Crippen molar-refractivity contribution in [2.45, 2.75) is 30.5 Å². The number of Topliss-reactive ketones (excluding diaryl/α,β-unsaturated/α-hetero) is 1. The van der Waals surface area contributed by atoms with E-state index in [1.807, 2.05) is 43.3 Å². The van der Waals surface area contributed by atoms with E-state index < -0.39 is 0 Å². The van der Waals surface area contributed by atoms with Crippen molar-refractivity contribution in [3.8, 4) is 11.3 Å². The molecule has 0 bridgehead atoms. The second-order valence-electron chi connectivity index (χ2n) is 8.29. The van der Waals surface area contributed by atoms with Crippen LogP contribution in [0.3, 0.4) is 0 Å². The van der Waals surface area contributed by atoms with E-state index in [-0.39, 0.29) is 22.8 Å². The summed E-state index contributed by atoms with van der Waals surface area (Å²) in [7, 11) is 0. The molecule has 0 spiro atoms. The second-order valence-corrected chi connectivity index (χ2v) is 9.62. The molecule has 7 heteroatoms. The molecule has 0 saturated heterocycles. The number of halogens is 1. The normalized spacial score (nSPS) is 13.7. The molecule has 0 N–H and O–H groups in total. The van der Waals surface area contributed by atoms with E-state index in [9.17, 15) is 14.0 Å². The molecular formula is C27H22FN3O2S. The van der Waals surface area contributed by atoms with Crippen LogP contribution in [-0.2, 0) is 11.2 Å². The molecule has 0 saturated carbocycles. The number of benzene rings is 3. The number of aromatic nitrogens is 2. The smallest absolute Gasteiger partial charge is 0.223 e. The standard InChI is InChI=1S/C27H22FN3O2S/c1-16(26(33)20-9-12-24-19(15-20)13-14-31(24)17(2)32)34-27-23-6-4-3-5-22(23)25(29-30-27)18-7-10-21(28)11-8-18/h3-12,15-16H,13-14H2,1-2H3. The van der Waals surface area contributed by atoms with Crippen molar-refractivity contribution in [3.05, 3.63) is 83.7 Å². The number of hydrogen-bond donors (Lipinski definition) is 0. The van der Waals surface area contributed by atoms with Gasteiger partial charge in [0.15, 0.2) is 5.78 Å². The molecule has 5 rings (SSSR count). The van der Waals surface area contributed by atoms with Crippen LogP contribution in [0.1, 0.15) is 29.8 Å². The van der Waals surface area contributed by atoms with Gasteiger partial charge in [0, 0.05) is 41.1 Å². The van der Waals surface area contributed by atoms with Crippen molar-refractivity contribution < 1.29 is 14.0 Å². The molecule has 170 valence electrons. The van der Waals surface area contributed by atoms with E-state index in [4.69, 9.17) is 0 Å². The third-order valence-electron chi connectivity index (χ3n) is 6.07. The number of hydrogen-bond acceptors (Lipinski definition) is 5. The van der Waals surface area contributed by atoms with Crippen molar-refractivity contribution in [2.75, 3.05) is 11.4 Å². The Bertz CT molecular complexity index is 1420. The Morgan fingerprint density at radius 2 is 1.74 bits per heavy atom. The Hall–Kier alpha value is -3.58. The molecule has 1 aliphatic rings. The van der Waals surface area contributed by atoms with Gasteiger partial charge in [-0.1, -0.05) is 36.0 Å². The maximum absolute atomic E-state index is 13.4. The van der Waals surface area contributed by atoms with Crippen LogP contribution >= 0.6 is 11.8 Å². The van der Waals surface area contributed by atoms with Crippen LogP contribution in [0.2, 0.25) is 0 Å². The first-order valence-corrected chi connectivity index (χ1v) is 11.9. The van der Waals surface area contributed by atoms with Crippen LogP contribution in [0.4, 0.5) is 10.1 Å². The minimum Gasteiger partial charge on any atom is -0.312 e. The fourth-order valence-electron chi connectivity index (χ4n) is 4.33. The van der Waals surface area contributed by atoms with Gasteiger partial charge in [-0.25, -0.2) is 4.39 Å². The predicted molar refractivity (Wildman–Crippen MR) is 133 cm³/mol. The average molecular weight is 472 g/mol. The van der Waals surface area contributed by atoms with Crippen molar-refractivity contribution in [1.29, 1.82) is 0 Å². The zero-order valence-electron chi connectivity index (χ0n) is 18.8. The van der Waals surface area contributed by atoms with Crippen LogP contribution in [0.15, 0.2) is 71.8 Å². The second kappa shape index (κ2) is 8.99. The first-order chi connectivity index (χ1) is 16.4. The molecule has 1 aromatic heterocycles. The van der Waals surface area contributed by atoms with Crippen molar-refractivity contribution in [3.63, 3.8) is 0 Å². The number of anilines is 1. The first-order valence-electron chi connectivity index (χ1n) is 11.1. The highest BCUT2D eigenvalue weighted by atomic mass is 32.2. The number of amides is 1. The van der Waals surface area contributed by atoms with Gasteiger partial charge in [0.2, 0.25) is 5.91 Å². The van der Waals surface area contributed by atoms with Gasteiger partial charge in [0.05, 0.1) is 5.25 Å². The summed E-state index contributed by atoms with van der Waals surface area (Å²) in [5.41, 5.74) is 3.99. The van der Waals surface area contributed by atoms with E-state index in [0.717, 1.165) is 34.0 Å². The highest BCUT2D eigenvalue weighted by molar-refractivity contribution is 8.00. The van der Waals surface area contributed by atoms with Crippen LogP contribution in [-0.4, -0.2) is 33.7 Å². The summed E-state index contributed by atoms with van der Waals surface area (Å²) < 4.78 is 13.4. The average Bonchev–Trinajstić information content (AvgIpc) is 3.28. The first kappa shape index (κ1) is 22.2. The number of carbonyl (C=O) groups is 2. The van der Waals surface area contributed by atoms with Gasteiger partial charge >= 0.3 is 0 Å². The number of carbonyl (C=O) groups excluding carboxylic acids is 2. The molecule has 2 heterocycles. The summed E-state index contributed by atoms with van der Waals surface area (Å²) >= 11 is 1.37. The molecule has 3 aromatic carbocycles. The van der Waals surface area contributed by atoms with E-state index in [1.54, 1.807) is 30.0 Å². The monoisotopic (exact) mass is 471 g/mol. The largest absolute Gasteiger partial charge is 0.312 e. The number of rotatable bonds is 5. The predicted octanol–water partition coefficient (Wildman–Crippen LogP) is 5.71. The van der Waals surface area contributed by atoms with Crippen molar-refractivity contribution in [2.24, 2.45) is 0 Å². The Morgan fingerprint density at radius 1 is 1.00 bits per heavy atom. The van der Waals surface area contributed by atoms with E-state index in [2.05, 4.69) is 10.2 Å². The van der Waals surface area contributed by atoms with Gasteiger partial charge in [-0.05, 0) is 61.4 Å². The van der Waals surface area contributed by atoms with Crippen LogP contribution in [0.5, 0.6) is 0 Å². The van der Waals surface area contributed by atoms with Gasteiger partial charge in [-0.3, -0.25) is 9.59 Å². The number of fused-ring (bicyclic) bond motifs is 2. The maximum atomic E-state index is 13.4. The SMILES string of the molecule is CC(=O)N1CCc2cc(C(=O)C(C)Sc3nnc(-c4ccc(F)cc4)c4ccccc34)ccc21. The van der Waals surface area contributed by atoms with Gasteiger partial charge < -0.3 is 4.90 Å². The fraction of sp³-hybridized carbons (Fsp3) is 0.185. The summed E-state index contributed by atoms with van der Waals surface area (Å²) in [4.78, 5) is 26.8. The summed E-state index contributed by atoms with van der Waals surface area (Å²) in [5, 5.41) is 10.9. The minimum absolute atomic E-state index is 0.00238. The zero-order chi connectivity index (χ0) is 23.8. The lowest BCUT2D eigenvalue weighted by Crippen LogP contribution is -2.25. The Morgan fingerprint density at radius 3 is 2.47 bits per heavy atom. The van der Waals surface area contributed by atoms with Gasteiger partial charge in [0.1, 0.15) is 16.5 Å². The highest BCUT2D eigenvalue weighted by Gasteiger charge is 2.25. The minimum atomic E-state index is -0.377. The molecule has 0 aliphatic carbocycles. The van der Waals surface area contributed by atoms with Gasteiger partial charge in [-0.2, -0.15) is 0 Å². The summed E-state index contributed by atoms with van der Waals surface area (Å²) in [6, 6.07) is 19.5. The molecule has 1 unspecified atom stereocenters. The Labute approximate surface area is 201 Å². The Kier molecular flexibility index (Phi) is 5.87. The van der Waals surface area contributed by atoms with Gasteiger partial charge in [-0.15, -0.1) is 10.2 Å². The lowest BCUT2D eigenvalue weighted by Gasteiger charge is -2.16. The molecule has 0 fully saturated rings. The van der Waals surface area contributed by atoms with Crippen LogP contribution < -0.4 is 4.90 Å². The topological polar surface area (TPSA) is 63.2 Å². The fourth-order valence-corrected chi connectivity index (χ4v) is 5.30. The van der Waals surface area contributed by atoms with E-state index in [1.165, 1.54) is 23.9 Å². The quantitative estimate of drug-likeness (QED) is 0.276. The van der Waals surface area contributed by atoms with E-state index >= 15 is 0 Å². The molecule has 4 aromatic rings. The molecule has 34 heavy (non-hydrogen) atoms. The highest BCUT2D eigenvalue weighted by Crippen LogP contribution is 2.35. The number of ketones is 1. The van der Waals surface area contributed by atoms with Crippen LogP contribution in [0.25, 0.3) is 22.0 Å². The summed E-state index contributed by atoms with van der Waals surface area (Å²) in [5.74, 6) is -0.292. The van der Waals surface area contributed by atoms with Gasteiger partial charge in [0.25, 0.3) is 0 Å². The van der Waals surface area contributed by atoms with Crippen LogP contribution in [0, 0.1) is 5.82 Å². The zero-order valence-corrected chi connectivity index (χ0v) is 19.6. The molecule has 1 atom stereocenters. The van der Waals surface area contributed by atoms with Crippen molar-refractivity contribution >= 4 is 39.9 Å². The maximum Gasteiger partial charge on any atom is 0.223 e. The lowest BCUT2D eigenvalue weighted by atomic mass is 10.0. The van der Waals surface area contributed by atoms with Crippen molar-refractivity contribution in [1.82, 2.24) is 10.2 Å². The molecular weight excluding hydrogens is 449 g/mol. The summed E-state index contributed by atoms with van der Waals surface area (Å²) in [6.07, 6.45) is 0.749. The number of nitrogens with zero attached hydrogens (tertiary/aromatic N) is 3. The van der Waals surface area contributed by atoms with E-state index in [0.29, 0.717) is 22.8 Å². The molecule has 5 nitrogen and oxygen atoms in total. The third kappa shape index (κ3) is 4.07. The summed E-state index contributed by atoms with van der Waals surface area (Å²) in [6.45, 7) is 4.07. The molecule has 1 aliphatic heterocycles. The Balaban J connectivity index is 1.42. The lowest BCUT2D eigenvalue weighted by molar-refractivity contribution is -0.116.